The van der Waals surface area contributed by atoms with Crippen LogP contribution >= 0.6 is 11.9 Å². The van der Waals surface area contributed by atoms with Crippen LogP contribution in [0.2, 0.25) is 0 Å². The number of piperazine rings is 1. The van der Waals surface area contributed by atoms with Gasteiger partial charge < -0.3 is 4.52 Å². The van der Waals surface area contributed by atoms with Crippen molar-refractivity contribution in [2.24, 2.45) is 5.92 Å². The molecule has 8 heteroatoms. The monoisotopic (exact) mass is 479 g/mol. The fourth-order valence-corrected chi connectivity index (χ4v) is 5.64. The van der Waals surface area contributed by atoms with Crippen LogP contribution < -0.4 is 0 Å². The highest BCUT2D eigenvalue weighted by Gasteiger charge is 2.31. The van der Waals surface area contributed by atoms with Gasteiger partial charge in [-0.05, 0) is 79.2 Å². The Morgan fingerprint density at radius 1 is 1.15 bits per heavy atom. The highest BCUT2D eigenvalue weighted by molar-refractivity contribution is 7.97. The van der Waals surface area contributed by atoms with E-state index in [1.807, 2.05) is 17.8 Å². The summed E-state index contributed by atoms with van der Waals surface area (Å²) in [4.78, 5) is 3.68. The van der Waals surface area contributed by atoms with Crippen molar-refractivity contribution in [3.63, 3.8) is 0 Å². The summed E-state index contributed by atoms with van der Waals surface area (Å²) in [5.41, 5.74) is 5.39. The zero-order chi connectivity index (χ0) is 23.8. The first-order valence-corrected chi connectivity index (χ1v) is 12.5. The molecule has 1 atom stereocenters. The highest BCUT2D eigenvalue weighted by Crippen LogP contribution is 2.36. The van der Waals surface area contributed by atoms with Gasteiger partial charge in [0.25, 0.3) is 0 Å². The molecule has 0 spiro atoms. The van der Waals surface area contributed by atoms with E-state index in [2.05, 4.69) is 52.4 Å². The zero-order valence-corrected chi connectivity index (χ0v) is 20.8. The van der Waals surface area contributed by atoms with Gasteiger partial charge in [0.2, 0.25) is 0 Å². The van der Waals surface area contributed by atoms with E-state index in [-0.39, 0.29) is 11.9 Å². The number of hydrogen-bond acceptors (Lipinski definition) is 6. The molecule has 6 nitrogen and oxygen atoms in total. The minimum atomic E-state index is -0.245. The van der Waals surface area contributed by atoms with Crippen molar-refractivity contribution in [1.29, 1.82) is 0 Å². The van der Waals surface area contributed by atoms with Crippen LogP contribution in [0.5, 0.6) is 0 Å². The highest BCUT2D eigenvalue weighted by atomic mass is 32.2. The summed E-state index contributed by atoms with van der Waals surface area (Å²) in [6.07, 6.45) is 3.64. The van der Waals surface area contributed by atoms with Crippen LogP contribution in [0.25, 0.3) is 16.6 Å². The number of halogens is 1. The number of nitrogens with zero attached hydrogens (tertiary/aromatic N) is 5. The fourth-order valence-electron chi connectivity index (χ4n) is 4.71. The van der Waals surface area contributed by atoms with E-state index in [1.54, 1.807) is 30.3 Å². The van der Waals surface area contributed by atoms with Crippen LogP contribution in [0, 0.1) is 25.6 Å². The Balaban J connectivity index is 1.48. The van der Waals surface area contributed by atoms with Crippen LogP contribution in [0.1, 0.15) is 36.7 Å². The minimum absolute atomic E-state index is 0.245. The van der Waals surface area contributed by atoms with Gasteiger partial charge in [-0.15, -0.1) is 0 Å². The maximum absolute atomic E-state index is 13.4. The molecule has 2 aromatic heterocycles. The second-order valence-electron chi connectivity index (χ2n) is 9.45. The average molecular weight is 480 g/mol. The normalized spacial score (nSPS) is 17.8. The molecule has 3 heterocycles. The molecule has 0 saturated carbocycles. The molecular formula is C26H30FN5OS. The third-order valence-electron chi connectivity index (χ3n) is 6.37. The summed E-state index contributed by atoms with van der Waals surface area (Å²) in [5.74, 6) is 0.345. The number of rotatable bonds is 6. The number of aromatic nitrogens is 3. The van der Waals surface area contributed by atoms with Gasteiger partial charge in [-0.2, -0.15) is 5.10 Å². The van der Waals surface area contributed by atoms with Gasteiger partial charge in [0.05, 0.1) is 28.0 Å². The van der Waals surface area contributed by atoms with Crippen molar-refractivity contribution in [3.05, 3.63) is 71.5 Å². The Morgan fingerprint density at radius 2 is 1.94 bits per heavy atom. The SMILES string of the molecule is Cc1cc2c(cnn2-c2ccc(F)cc2)cc1C1CN(Sc2conc2C)CCN1CC(C)C. The Morgan fingerprint density at radius 3 is 2.65 bits per heavy atom. The quantitative estimate of drug-likeness (QED) is 0.326. The van der Waals surface area contributed by atoms with E-state index in [1.165, 1.54) is 23.3 Å². The molecule has 2 aromatic carbocycles. The van der Waals surface area contributed by atoms with E-state index >= 15 is 0 Å². The maximum atomic E-state index is 13.4. The molecule has 4 aromatic rings. The van der Waals surface area contributed by atoms with Crippen LogP contribution in [-0.2, 0) is 0 Å². The third-order valence-corrected chi connectivity index (χ3v) is 7.55. The van der Waals surface area contributed by atoms with E-state index in [0.717, 1.165) is 53.4 Å². The first-order valence-electron chi connectivity index (χ1n) is 11.7. The first kappa shape index (κ1) is 23.1. The predicted octanol–water partition coefficient (Wildman–Crippen LogP) is 5.79. The summed E-state index contributed by atoms with van der Waals surface area (Å²) >= 11 is 1.73. The standard InChI is InChI=1S/C26H30FN5OS/c1-17(2)14-30-9-10-31(34-26-16-33-29-19(26)4)15-25(30)23-12-20-13-28-32(24(20)11-18(23)3)22-7-5-21(27)6-8-22/h5-8,11-13,16-17,25H,9-10,14-15H2,1-4H3. The lowest BCUT2D eigenvalue weighted by Gasteiger charge is -2.42. The summed E-state index contributed by atoms with van der Waals surface area (Å²) in [6, 6.07) is 11.2. The fraction of sp³-hybridized carbons (Fsp3) is 0.385. The molecule has 0 bridgehead atoms. The summed E-state index contributed by atoms with van der Waals surface area (Å²) in [6.45, 7) is 12.7. The van der Waals surface area contributed by atoms with Crippen molar-refractivity contribution in [3.8, 4) is 5.69 Å². The molecule has 1 unspecified atom stereocenters. The van der Waals surface area contributed by atoms with Crippen molar-refractivity contribution in [1.82, 2.24) is 24.1 Å². The molecule has 1 aliphatic heterocycles. The summed E-state index contributed by atoms with van der Waals surface area (Å²) in [7, 11) is 0. The topological polar surface area (TPSA) is 50.3 Å². The van der Waals surface area contributed by atoms with Gasteiger partial charge in [-0.3, -0.25) is 4.90 Å². The Bertz CT molecular complexity index is 1280. The molecule has 1 saturated heterocycles. The largest absolute Gasteiger partial charge is 0.363 e. The molecule has 1 aliphatic rings. The second kappa shape index (κ2) is 9.52. The Hall–Kier alpha value is -2.68. The smallest absolute Gasteiger partial charge is 0.139 e. The third kappa shape index (κ3) is 4.62. The van der Waals surface area contributed by atoms with E-state index in [0.29, 0.717) is 5.92 Å². The van der Waals surface area contributed by atoms with E-state index in [4.69, 9.17) is 4.52 Å². The van der Waals surface area contributed by atoms with Gasteiger partial charge in [0.15, 0.2) is 0 Å². The lowest BCUT2D eigenvalue weighted by Crippen LogP contribution is -2.47. The van der Waals surface area contributed by atoms with Gasteiger partial charge in [-0.25, -0.2) is 13.4 Å². The molecule has 0 amide bonds. The molecule has 0 radical (unpaired) electrons. The molecule has 178 valence electrons. The van der Waals surface area contributed by atoms with Crippen molar-refractivity contribution in [2.45, 2.75) is 38.6 Å². The minimum Gasteiger partial charge on any atom is -0.363 e. The van der Waals surface area contributed by atoms with Crippen LogP contribution in [-0.4, -0.2) is 50.3 Å². The van der Waals surface area contributed by atoms with E-state index < -0.39 is 0 Å². The summed E-state index contributed by atoms with van der Waals surface area (Å²) < 4.78 is 22.9. The first-order chi connectivity index (χ1) is 16.4. The van der Waals surface area contributed by atoms with Gasteiger partial charge in [-0.1, -0.05) is 19.0 Å². The molecule has 5 rings (SSSR count). The summed E-state index contributed by atoms with van der Waals surface area (Å²) in [5, 5.41) is 9.74. The number of benzene rings is 2. The number of aryl methyl sites for hydroxylation is 2. The molecule has 0 N–H and O–H groups in total. The lowest BCUT2D eigenvalue weighted by atomic mass is 9.96. The van der Waals surface area contributed by atoms with Gasteiger partial charge >= 0.3 is 0 Å². The second-order valence-corrected chi connectivity index (χ2v) is 10.6. The van der Waals surface area contributed by atoms with Gasteiger partial charge in [0, 0.05) is 37.6 Å². The van der Waals surface area contributed by atoms with Crippen LogP contribution in [0.4, 0.5) is 4.39 Å². The van der Waals surface area contributed by atoms with Gasteiger partial charge in [0.1, 0.15) is 12.1 Å². The van der Waals surface area contributed by atoms with Crippen molar-refractivity contribution < 1.29 is 8.91 Å². The maximum Gasteiger partial charge on any atom is 0.139 e. The lowest BCUT2D eigenvalue weighted by molar-refractivity contribution is 0.110. The van der Waals surface area contributed by atoms with Crippen molar-refractivity contribution in [2.75, 3.05) is 26.2 Å². The predicted molar refractivity (Wildman–Crippen MR) is 134 cm³/mol. The molecule has 34 heavy (non-hydrogen) atoms. The molecule has 0 aliphatic carbocycles. The van der Waals surface area contributed by atoms with Crippen LogP contribution in [0.3, 0.4) is 0 Å². The Labute approximate surface area is 203 Å². The van der Waals surface area contributed by atoms with Crippen molar-refractivity contribution >= 4 is 22.9 Å². The zero-order valence-electron chi connectivity index (χ0n) is 20.0. The van der Waals surface area contributed by atoms with Crippen LogP contribution in [0.15, 0.2) is 58.3 Å². The number of fused-ring (bicyclic) bond motifs is 1. The Kier molecular flexibility index (Phi) is 6.46. The molecule has 1 fully saturated rings. The molecular weight excluding hydrogens is 449 g/mol. The van der Waals surface area contributed by atoms with E-state index in [9.17, 15) is 4.39 Å². The average Bonchev–Trinajstić information content (AvgIpc) is 3.40. The number of hydrogen-bond donors (Lipinski definition) is 0.